The lowest BCUT2D eigenvalue weighted by atomic mass is 10.1. The van der Waals surface area contributed by atoms with Gasteiger partial charge in [-0.25, -0.2) is 8.42 Å². The quantitative estimate of drug-likeness (QED) is 0.776. The zero-order valence-electron chi connectivity index (χ0n) is 15.2. The molecule has 10 heteroatoms. The molecule has 26 heavy (non-hydrogen) atoms. The van der Waals surface area contributed by atoms with Gasteiger partial charge in [-0.2, -0.15) is 4.31 Å². The Morgan fingerprint density at radius 1 is 1.42 bits per heavy atom. The van der Waals surface area contributed by atoms with Gasteiger partial charge in [-0.15, -0.1) is 12.4 Å². The summed E-state index contributed by atoms with van der Waals surface area (Å²) in [5.41, 5.74) is 5.81. The lowest BCUT2D eigenvalue weighted by molar-refractivity contribution is 0.0823. The summed E-state index contributed by atoms with van der Waals surface area (Å²) in [6.45, 7) is 2.61. The minimum Gasteiger partial charge on any atom is -0.494 e. The molecule has 0 saturated carbocycles. The molecule has 2 unspecified atom stereocenters. The number of carbonyl (C=O) groups is 1. The Morgan fingerprint density at radius 2 is 2.04 bits per heavy atom. The van der Waals surface area contributed by atoms with Crippen molar-refractivity contribution in [2.75, 3.05) is 34.3 Å². The lowest BCUT2D eigenvalue weighted by Gasteiger charge is -2.24. The van der Waals surface area contributed by atoms with Crippen LogP contribution in [0.3, 0.4) is 0 Å². The Bertz CT molecular complexity index is 771. The molecule has 0 aliphatic carbocycles. The molecule has 1 amide bonds. The van der Waals surface area contributed by atoms with Crippen LogP contribution in [0, 0.1) is 5.92 Å². The summed E-state index contributed by atoms with van der Waals surface area (Å²) in [4.78, 5) is 13.6. The SMILES string of the molecule is COc1c(C(=O)N(C)C)cc(Cl)cc1S(=O)(=O)N1CC(CN)CC1C.Cl. The Hall–Kier alpha value is -1.06. The van der Waals surface area contributed by atoms with Gasteiger partial charge >= 0.3 is 0 Å². The lowest BCUT2D eigenvalue weighted by Crippen LogP contribution is -2.35. The number of carbonyl (C=O) groups excluding carboxylic acids is 1. The smallest absolute Gasteiger partial charge is 0.257 e. The molecule has 1 heterocycles. The number of nitrogens with zero attached hydrogens (tertiary/aromatic N) is 2. The molecule has 1 saturated heterocycles. The summed E-state index contributed by atoms with van der Waals surface area (Å²) in [6, 6.07) is 2.55. The minimum atomic E-state index is -3.88. The Kier molecular flexibility index (Phi) is 7.74. The van der Waals surface area contributed by atoms with Gasteiger partial charge in [-0.3, -0.25) is 4.79 Å². The molecule has 2 rings (SSSR count). The summed E-state index contributed by atoms with van der Waals surface area (Å²) in [6.07, 6.45) is 0.697. The molecular weight excluding hydrogens is 401 g/mol. The summed E-state index contributed by atoms with van der Waals surface area (Å²) >= 11 is 6.10. The second-order valence-corrected chi connectivity index (χ2v) is 8.74. The zero-order chi connectivity index (χ0) is 18.9. The van der Waals surface area contributed by atoms with Crippen molar-refractivity contribution in [3.8, 4) is 5.75 Å². The maximum atomic E-state index is 13.2. The summed E-state index contributed by atoms with van der Waals surface area (Å²) in [5.74, 6) is -0.269. The predicted octanol–water partition coefficient (Wildman–Crippen LogP) is 1.83. The number of sulfonamides is 1. The highest BCUT2D eigenvalue weighted by atomic mass is 35.5. The molecule has 0 spiro atoms. The molecule has 0 bridgehead atoms. The molecule has 0 aromatic heterocycles. The molecule has 7 nitrogen and oxygen atoms in total. The third kappa shape index (κ3) is 4.26. The van der Waals surface area contributed by atoms with Gasteiger partial charge in [-0.1, -0.05) is 11.6 Å². The highest BCUT2D eigenvalue weighted by molar-refractivity contribution is 7.89. The Balaban J connectivity index is 0.00000338. The van der Waals surface area contributed by atoms with E-state index in [0.717, 1.165) is 0 Å². The first-order valence-electron chi connectivity index (χ1n) is 7.94. The number of methoxy groups -OCH3 is 1. The van der Waals surface area contributed by atoms with Crippen molar-refractivity contribution in [1.82, 2.24) is 9.21 Å². The van der Waals surface area contributed by atoms with E-state index in [1.165, 1.54) is 28.4 Å². The van der Waals surface area contributed by atoms with Crippen molar-refractivity contribution in [2.45, 2.75) is 24.3 Å². The molecule has 0 radical (unpaired) electrons. The van der Waals surface area contributed by atoms with E-state index >= 15 is 0 Å². The first kappa shape index (κ1) is 23.0. The van der Waals surface area contributed by atoms with E-state index < -0.39 is 10.0 Å². The average Bonchev–Trinajstić information content (AvgIpc) is 2.95. The van der Waals surface area contributed by atoms with Gasteiger partial charge < -0.3 is 15.4 Å². The van der Waals surface area contributed by atoms with Crippen LogP contribution in [-0.4, -0.2) is 63.9 Å². The third-order valence-corrected chi connectivity index (χ3v) is 6.59. The maximum absolute atomic E-state index is 13.2. The van der Waals surface area contributed by atoms with Crippen molar-refractivity contribution in [2.24, 2.45) is 11.7 Å². The number of ether oxygens (including phenoxy) is 1. The summed E-state index contributed by atoms with van der Waals surface area (Å²) in [7, 11) is 0.607. The van der Waals surface area contributed by atoms with Gasteiger partial charge in [0.15, 0.2) is 5.75 Å². The van der Waals surface area contributed by atoms with Crippen molar-refractivity contribution >= 4 is 39.9 Å². The van der Waals surface area contributed by atoms with Crippen LogP contribution in [0.15, 0.2) is 17.0 Å². The van der Waals surface area contributed by atoms with Crippen molar-refractivity contribution < 1.29 is 17.9 Å². The van der Waals surface area contributed by atoms with Gasteiger partial charge in [0, 0.05) is 31.7 Å². The van der Waals surface area contributed by atoms with Gasteiger partial charge in [0.05, 0.1) is 12.7 Å². The molecule has 1 aliphatic rings. The topological polar surface area (TPSA) is 92.9 Å². The number of benzene rings is 1. The molecule has 2 N–H and O–H groups in total. The number of hydrogen-bond donors (Lipinski definition) is 1. The van der Waals surface area contributed by atoms with E-state index in [9.17, 15) is 13.2 Å². The minimum absolute atomic E-state index is 0. The van der Waals surface area contributed by atoms with Crippen molar-refractivity contribution in [3.63, 3.8) is 0 Å². The fraction of sp³-hybridized carbons (Fsp3) is 0.562. The Morgan fingerprint density at radius 3 is 2.50 bits per heavy atom. The van der Waals surface area contributed by atoms with Crippen LogP contribution < -0.4 is 10.5 Å². The van der Waals surface area contributed by atoms with Gasteiger partial charge in [0.2, 0.25) is 10.0 Å². The Labute approximate surface area is 165 Å². The first-order chi connectivity index (χ1) is 11.6. The number of halogens is 2. The maximum Gasteiger partial charge on any atom is 0.257 e. The van der Waals surface area contributed by atoms with Crippen LogP contribution in [0.2, 0.25) is 5.02 Å². The van der Waals surface area contributed by atoms with E-state index in [4.69, 9.17) is 22.1 Å². The van der Waals surface area contributed by atoms with Crippen LogP contribution in [0.5, 0.6) is 5.75 Å². The second kappa shape index (κ2) is 8.75. The molecule has 1 aliphatic heterocycles. The number of hydrogen-bond acceptors (Lipinski definition) is 5. The third-order valence-electron chi connectivity index (χ3n) is 4.38. The van der Waals surface area contributed by atoms with Crippen LogP contribution >= 0.6 is 24.0 Å². The van der Waals surface area contributed by atoms with Gasteiger partial charge in [0.1, 0.15) is 4.90 Å². The fourth-order valence-corrected chi connectivity index (χ4v) is 5.32. The average molecular weight is 426 g/mol. The van der Waals surface area contributed by atoms with E-state index in [0.29, 0.717) is 19.5 Å². The van der Waals surface area contributed by atoms with Crippen molar-refractivity contribution in [3.05, 3.63) is 22.7 Å². The van der Waals surface area contributed by atoms with Crippen molar-refractivity contribution in [1.29, 1.82) is 0 Å². The van der Waals surface area contributed by atoms with E-state index in [-0.39, 0.29) is 51.5 Å². The number of amides is 1. The normalized spacial score (nSPS) is 20.5. The summed E-state index contributed by atoms with van der Waals surface area (Å²) < 4.78 is 33.1. The molecule has 1 aromatic carbocycles. The monoisotopic (exact) mass is 425 g/mol. The standard InChI is InChI=1S/C16H24ClN3O4S.ClH/c1-10-5-11(8-18)9-20(10)25(22,23)14-7-12(17)6-13(15(14)24-4)16(21)19(2)3;/h6-7,10-11H,5,8-9,18H2,1-4H3;1H. The van der Waals surface area contributed by atoms with Crippen LogP contribution in [0.1, 0.15) is 23.7 Å². The molecule has 2 atom stereocenters. The molecule has 148 valence electrons. The first-order valence-corrected chi connectivity index (χ1v) is 9.76. The van der Waals surface area contributed by atoms with E-state index in [1.54, 1.807) is 14.1 Å². The van der Waals surface area contributed by atoms with Crippen LogP contribution in [0.25, 0.3) is 0 Å². The van der Waals surface area contributed by atoms with E-state index in [2.05, 4.69) is 0 Å². The van der Waals surface area contributed by atoms with E-state index in [1.807, 2.05) is 6.92 Å². The van der Waals surface area contributed by atoms with Gasteiger partial charge in [0.25, 0.3) is 5.91 Å². The van der Waals surface area contributed by atoms with Gasteiger partial charge in [-0.05, 0) is 37.9 Å². The summed E-state index contributed by atoms with van der Waals surface area (Å²) in [5, 5.41) is 0.159. The second-order valence-electron chi connectivity index (χ2n) is 6.45. The van der Waals surface area contributed by atoms with Crippen LogP contribution in [0.4, 0.5) is 0 Å². The highest BCUT2D eigenvalue weighted by Crippen LogP contribution is 2.37. The zero-order valence-corrected chi connectivity index (χ0v) is 17.6. The van der Waals surface area contributed by atoms with Crippen LogP contribution in [-0.2, 0) is 10.0 Å². The fourth-order valence-electron chi connectivity index (χ4n) is 3.11. The highest BCUT2D eigenvalue weighted by Gasteiger charge is 2.39. The number of nitrogens with two attached hydrogens (primary N) is 1. The molecule has 1 aromatic rings. The molecular formula is C16H25Cl2N3O4S. The number of rotatable bonds is 5. The molecule has 1 fully saturated rings. The predicted molar refractivity (Wildman–Crippen MR) is 104 cm³/mol. The largest absolute Gasteiger partial charge is 0.494 e.